The van der Waals surface area contributed by atoms with E-state index in [-0.39, 0.29) is 0 Å². The molecule has 0 fully saturated rings. The smallest absolute Gasteiger partial charge is 0.122 e. The molecule has 17 heavy (non-hydrogen) atoms. The molecule has 2 rings (SSSR count). The standard InChI is InChI=1S/C13H14ClNOS/c1-2-16-12-6-4-3-5-10(12)7-13-15-11(8-14)9-17-13/h3-6,9H,2,7-8H2,1H3. The summed E-state index contributed by atoms with van der Waals surface area (Å²) in [5.74, 6) is 1.42. The normalized spacial score (nSPS) is 10.5. The molecule has 0 radical (unpaired) electrons. The van der Waals surface area contributed by atoms with Gasteiger partial charge in [0, 0.05) is 17.4 Å². The molecule has 0 saturated heterocycles. The first-order valence-electron chi connectivity index (χ1n) is 5.53. The maximum atomic E-state index is 5.74. The minimum Gasteiger partial charge on any atom is -0.494 e. The van der Waals surface area contributed by atoms with Crippen molar-refractivity contribution in [1.29, 1.82) is 0 Å². The first kappa shape index (κ1) is 12.4. The Labute approximate surface area is 110 Å². The van der Waals surface area contributed by atoms with Gasteiger partial charge in [-0.2, -0.15) is 0 Å². The van der Waals surface area contributed by atoms with E-state index >= 15 is 0 Å². The molecule has 0 aliphatic heterocycles. The molecule has 2 aromatic rings. The third-order valence-electron chi connectivity index (χ3n) is 2.35. The lowest BCUT2D eigenvalue weighted by atomic mass is 10.1. The van der Waals surface area contributed by atoms with Gasteiger partial charge in [0.15, 0.2) is 0 Å². The van der Waals surface area contributed by atoms with Crippen LogP contribution < -0.4 is 4.74 Å². The van der Waals surface area contributed by atoms with Gasteiger partial charge in [0.2, 0.25) is 0 Å². The molecule has 0 saturated carbocycles. The number of benzene rings is 1. The zero-order valence-electron chi connectivity index (χ0n) is 9.65. The molecule has 0 aliphatic carbocycles. The Hall–Kier alpha value is -1.06. The molecule has 1 heterocycles. The van der Waals surface area contributed by atoms with Gasteiger partial charge in [-0.1, -0.05) is 18.2 Å². The Balaban J connectivity index is 2.17. The first-order valence-corrected chi connectivity index (χ1v) is 6.95. The van der Waals surface area contributed by atoms with E-state index in [2.05, 4.69) is 11.1 Å². The maximum Gasteiger partial charge on any atom is 0.122 e. The number of rotatable bonds is 5. The van der Waals surface area contributed by atoms with E-state index in [0.29, 0.717) is 12.5 Å². The molecule has 0 atom stereocenters. The van der Waals surface area contributed by atoms with Crippen molar-refractivity contribution in [3.8, 4) is 5.75 Å². The van der Waals surface area contributed by atoms with Crippen molar-refractivity contribution in [1.82, 2.24) is 4.98 Å². The number of thiazole rings is 1. The van der Waals surface area contributed by atoms with Gasteiger partial charge >= 0.3 is 0 Å². The van der Waals surface area contributed by atoms with Crippen LogP contribution in [0.4, 0.5) is 0 Å². The number of hydrogen-bond acceptors (Lipinski definition) is 3. The van der Waals surface area contributed by atoms with Gasteiger partial charge in [0.1, 0.15) is 5.75 Å². The average Bonchev–Trinajstić information content (AvgIpc) is 2.80. The summed E-state index contributed by atoms with van der Waals surface area (Å²) in [5.41, 5.74) is 2.12. The lowest BCUT2D eigenvalue weighted by Crippen LogP contribution is -1.97. The van der Waals surface area contributed by atoms with Crippen LogP contribution in [0.1, 0.15) is 23.2 Å². The van der Waals surface area contributed by atoms with Crippen LogP contribution in [0.25, 0.3) is 0 Å². The number of alkyl halides is 1. The molecule has 0 unspecified atom stereocenters. The predicted octanol–water partition coefficient (Wildman–Crippen LogP) is 3.87. The van der Waals surface area contributed by atoms with Gasteiger partial charge in [0.25, 0.3) is 0 Å². The molecular formula is C13H14ClNOS. The zero-order valence-corrected chi connectivity index (χ0v) is 11.2. The van der Waals surface area contributed by atoms with Crippen molar-refractivity contribution in [3.05, 3.63) is 45.9 Å². The molecule has 0 N–H and O–H groups in total. The van der Waals surface area contributed by atoms with Gasteiger partial charge in [-0.15, -0.1) is 22.9 Å². The minimum atomic E-state index is 0.476. The minimum absolute atomic E-state index is 0.476. The summed E-state index contributed by atoms with van der Waals surface area (Å²) < 4.78 is 5.59. The number of halogens is 1. The van der Waals surface area contributed by atoms with E-state index in [0.717, 1.165) is 22.9 Å². The molecule has 1 aromatic carbocycles. The number of para-hydroxylation sites is 1. The van der Waals surface area contributed by atoms with Crippen LogP contribution in [-0.4, -0.2) is 11.6 Å². The molecule has 1 aromatic heterocycles. The summed E-state index contributed by atoms with van der Waals surface area (Å²) in [4.78, 5) is 4.46. The van der Waals surface area contributed by atoms with E-state index in [4.69, 9.17) is 16.3 Å². The van der Waals surface area contributed by atoms with E-state index < -0.39 is 0 Å². The molecule has 4 heteroatoms. The van der Waals surface area contributed by atoms with Crippen molar-refractivity contribution in [2.75, 3.05) is 6.61 Å². The van der Waals surface area contributed by atoms with Crippen molar-refractivity contribution >= 4 is 22.9 Å². The highest BCUT2D eigenvalue weighted by Crippen LogP contribution is 2.23. The SMILES string of the molecule is CCOc1ccccc1Cc1nc(CCl)cs1. The third kappa shape index (κ3) is 3.20. The first-order chi connectivity index (χ1) is 8.33. The lowest BCUT2D eigenvalue weighted by molar-refractivity contribution is 0.337. The van der Waals surface area contributed by atoms with Crippen LogP contribution in [0.15, 0.2) is 29.6 Å². The summed E-state index contributed by atoms with van der Waals surface area (Å²) in [7, 11) is 0. The number of hydrogen-bond donors (Lipinski definition) is 0. The molecule has 0 aliphatic rings. The maximum absolute atomic E-state index is 5.74. The highest BCUT2D eigenvalue weighted by molar-refractivity contribution is 7.09. The Morgan fingerprint density at radius 3 is 2.88 bits per heavy atom. The number of nitrogens with zero attached hydrogens (tertiary/aromatic N) is 1. The summed E-state index contributed by atoms with van der Waals surface area (Å²) >= 11 is 7.39. The summed E-state index contributed by atoms with van der Waals surface area (Å²) in [6, 6.07) is 8.08. The Kier molecular flexibility index (Phi) is 4.40. The van der Waals surface area contributed by atoms with Crippen molar-refractivity contribution in [3.63, 3.8) is 0 Å². The molecule has 2 nitrogen and oxygen atoms in total. The summed E-state index contributed by atoms with van der Waals surface area (Å²) in [6.07, 6.45) is 0.803. The molecule has 90 valence electrons. The van der Waals surface area contributed by atoms with E-state index in [9.17, 15) is 0 Å². The van der Waals surface area contributed by atoms with Crippen molar-refractivity contribution in [2.45, 2.75) is 19.2 Å². The van der Waals surface area contributed by atoms with Crippen molar-refractivity contribution < 1.29 is 4.74 Å². The van der Waals surface area contributed by atoms with Crippen LogP contribution in [0.2, 0.25) is 0 Å². The van der Waals surface area contributed by atoms with Crippen LogP contribution in [0, 0.1) is 0 Å². The molecular weight excluding hydrogens is 254 g/mol. The van der Waals surface area contributed by atoms with E-state index in [1.54, 1.807) is 11.3 Å². The highest BCUT2D eigenvalue weighted by atomic mass is 35.5. The number of ether oxygens (including phenoxy) is 1. The Morgan fingerprint density at radius 1 is 1.35 bits per heavy atom. The van der Waals surface area contributed by atoms with Gasteiger partial charge in [-0.3, -0.25) is 0 Å². The quantitative estimate of drug-likeness (QED) is 0.767. The predicted molar refractivity (Wildman–Crippen MR) is 72.1 cm³/mol. The molecule has 0 amide bonds. The fourth-order valence-electron chi connectivity index (χ4n) is 1.60. The number of aromatic nitrogens is 1. The summed E-state index contributed by atoms with van der Waals surface area (Å²) in [6.45, 7) is 2.67. The fraction of sp³-hybridized carbons (Fsp3) is 0.308. The Bertz CT molecular complexity index is 484. The zero-order chi connectivity index (χ0) is 12.1. The monoisotopic (exact) mass is 267 g/mol. The second-order valence-electron chi connectivity index (χ2n) is 3.58. The third-order valence-corrected chi connectivity index (χ3v) is 3.52. The van der Waals surface area contributed by atoms with Gasteiger partial charge in [-0.05, 0) is 13.0 Å². The Morgan fingerprint density at radius 2 is 2.18 bits per heavy atom. The van der Waals surface area contributed by atoms with Gasteiger partial charge < -0.3 is 4.74 Å². The lowest BCUT2D eigenvalue weighted by Gasteiger charge is -2.08. The fourth-order valence-corrected chi connectivity index (χ4v) is 2.65. The topological polar surface area (TPSA) is 22.1 Å². The van der Waals surface area contributed by atoms with Crippen LogP contribution in [-0.2, 0) is 12.3 Å². The van der Waals surface area contributed by atoms with E-state index in [1.807, 2.05) is 30.5 Å². The van der Waals surface area contributed by atoms with Crippen molar-refractivity contribution in [2.24, 2.45) is 0 Å². The van der Waals surface area contributed by atoms with Crippen LogP contribution in [0.3, 0.4) is 0 Å². The van der Waals surface area contributed by atoms with Crippen LogP contribution in [0.5, 0.6) is 5.75 Å². The second-order valence-corrected chi connectivity index (χ2v) is 4.79. The van der Waals surface area contributed by atoms with Gasteiger partial charge in [-0.25, -0.2) is 4.98 Å². The average molecular weight is 268 g/mol. The summed E-state index contributed by atoms with van der Waals surface area (Å²) in [5, 5.41) is 3.08. The van der Waals surface area contributed by atoms with Gasteiger partial charge in [0.05, 0.1) is 23.2 Å². The highest BCUT2D eigenvalue weighted by Gasteiger charge is 2.07. The molecule has 0 spiro atoms. The molecule has 0 bridgehead atoms. The van der Waals surface area contributed by atoms with E-state index in [1.165, 1.54) is 5.56 Å². The van der Waals surface area contributed by atoms with Crippen LogP contribution >= 0.6 is 22.9 Å². The second kappa shape index (κ2) is 6.03. The largest absolute Gasteiger partial charge is 0.494 e.